The molecule has 0 amide bonds. The highest BCUT2D eigenvalue weighted by molar-refractivity contribution is 6.02. The molecule has 5 nitrogen and oxygen atoms in total. The summed E-state index contributed by atoms with van der Waals surface area (Å²) in [7, 11) is 2.89. The van der Waals surface area contributed by atoms with Gasteiger partial charge in [0.1, 0.15) is 17.6 Å². The Morgan fingerprint density at radius 3 is 2.64 bits per heavy atom. The third-order valence-corrected chi connectivity index (χ3v) is 4.57. The quantitative estimate of drug-likeness (QED) is 0.496. The number of benzene rings is 1. The van der Waals surface area contributed by atoms with Gasteiger partial charge in [-0.05, 0) is 24.5 Å². The monoisotopic (exact) mass is 348 g/mol. The number of ether oxygens (including phenoxy) is 3. The number of unbranched alkanes of at least 4 members (excludes halogenated alkanes) is 4. The Labute approximate surface area is 149 Å². The van der Waals surface area contributed by atoms with Crippen LogP contribution in [0.1, 0.15) is 67.8 Å². The van der Waals surface area contributed by atoms with Gasteiger partial charge in [-0.3, -0.25) is 9.59 Å². The van der Waals surface area contributed by atoms with E-state index in [0.29, 0.717) is 29.0 Å². The predicted octanol–water partition coefficient (Wildman–Crippen LogP) is 4.11. The number of carbonyl (C=O) groups excluding carboxylic acids is 2. The average Bonchev–Trinajstić information content (AvgIpc) is 2.60. The highest BCUT2D eigenvalue weighted by Gasteiger charge is 2.30. The molecule has 0 bridgehead atoms. The SMILES string of the molecule is CCCCCCCC1CC(=O)c2c(CC(=O)OC)cc(OC)cc2O1. The Balaban J connectivity index is 2.12. The van der Waals surface area contributed by atoms with Crippen molar-refractivity contribution in [3.8, 4) is 11.5 Å². The second kappa shape index (κ2) is 9.44. The van der Waals surface area contributed by atoms with Gasteiger partial charge >= 0.3 is 5.97 Å². The predicted molar refractivity (Wildman–Crippen MR) is 95.5 cm³/mol. The summed E-state index contributed by atoms with van der Waals surface area (Å²) >= 11 is 0. The fraction of sp³-hybridized carbons (Fsp3) is 0.600. The average molecular weight is 348 g/mol. The van der Waals surface area contributed by atoms with Crippen molar-refractivity contribution in [3.63, 3.8) is 0 Å². The van der Waals surface area contributed by atoms with Crippen LogP contribution in [0.3, 0.4) is 0 Å². The fourth-order valence-electron chi connectivity index (χ4n) is 3.21. The number of rotatable bonds is 9. The van der Waals surface area contributed by atoms with Crippen molar-refractivity contribution >= 4 is 11.8 Å². The van der Waals surface area contributed by atoms with Gasteiger partial charge in [0.25, 0.3) is 0 Å². The van der Waals surface area contributed by atoms with Crippen LogP contribution in [-0.4, -0.2) is 32.1 Å². The van der Waals surface area contributed by atoms with Gasteiger partial charge in [-0.2, -0.15) is 0 Å². The molecule has 0 saturated heterocycles. The molecule has 25 heavy (non-hydrogen) atoms. The zero-order valence-electron chi connectivity index (χ0n) is 15.4. The molecule has 0 N–H and O–H groups in total. The van der Waals surface area contributed by atoms with Gasteiger partial charge in [0.05, 0.1) is 26.2 Å². The largest absolute Gasteiger partial charge is 0.497 e. The Kier molecular flexibility index (Phi) is 7.29. The number of esters is 1. The van der Waals surface area contributed by atoms with Crippen molar-refractivity contribution in [1.29, 1.82) is 0 Å². The highest BCUT2D eigenvalue weighted by atomic mass is 16.5. The van der Waals surface area contributed by atoms with Crippen molar-refractivity contribution < 1.29 is 23.8 Å². The normalized spacial score (nSPS) is 16.1. The Bertz CT molecular complexity index is 608. The maximum Gasteiger partial charge on any atom is 0.310 e. The number of carbonyl (C=O) groups is 2. The molecule has 2 rings (SSSR count). The molecule has 0 spiro atoms. The first-order chi connectivity index (χ1) is 12.1. The Morgan fingerprint density at radius 2 is 1.96 bits per heavy atom. The molecule has 1 aliphatic rings. The van der Waals surface area contributed by atoms with Crippen LogP contribution in [0.25, 0.3) is 0 Å². The summed E-state index contributed by atoms with van der Waals surface area (Å²) in [6.07, 6.45) is 7.10. The van der Waals surface area contributed by atoms with E-state index in [1.807, 2.05) is 0 Å². The van der Waals surface area contributed by atoms with E-state index in [9.17, 15) is 9.59 Å². The first-order valence-corrected chi connectivity index (χ1v) is 9.06. The van der Waals surface area contributed by atoms with Crippen molar-refractivity contribution in [2.75, 3.05) is 14.2 Å². The number of ketones is 1. The maximum atomic E-state index is 12.6. The smallest absolute Gasteiger partial charge is 0.310 e. The summed E-state index contributed by atoms with van der Waals surface area (Å²) < 4.78 is 16.1. The zero-order chi connectivity index (χ0) is 18.2. The maximum absolute atomic E-state index is 12.6. The third-order valence-electron chi connectivity index (χ3n) is 4.57. The Hall–Kier alpha value is -2.04. The molecule has 1 atom stereocenters. The third kappa shape index (κ3) is 5.21. The molecule has 138 valence electrons. The molecule has 0 fully saturated rings. The fourth-order valence-corrected chi connectivity index (χ4v) is 3.21. The first kappa shape index (κ1) is 19.3. The van der Waals surface area contributed by atoms with Crippen LogP contribution in [0.4, 0.5) is 0 Å². The molecule has 0 aliphatic carbocycles. The lowest BCUT2D eigenvalue weighted by Gasteiger charge is -2.27. The lowest BCUT2D eigenvalue weighted by atomic mass is 9.92. The highest BCUT2D eigenvalue weighted by Crippen LogP contribution is 2.36. The van der Waals surface area contributed by atoms with Gasteiger partial charge in [0, 0.05) is 12.5 Å². The van der Waals surface area contributed by atoms with Crippen molar-refractivity contribution in [2.45, 2.75) is 64.4 Å². The van der Waals surface area contributed by atoms with Crippen molar-refractivity contribution in [3.05, 3.63) is 23.3 Å². The van der Waals surface area contributed by atoms with E-state index in [-0.39, 0.29) is 24.3 Å². The van der Waals surface area contributed by atoms with Gasteiger partial charge in [-0.1, -0.05) is 32.6 Å². The minimum atomic E-state index is -0.388. The van der Waals surface area contributed by atoms with Gasteiger partial charge in [-0.25, -0.2) is 0 Å². The van der Waals surface area contributed by atoms with E-state index in [1.165, 1.54) is 32.8 Å². The standard InChI is InChI=1S/C20H28O5/c1-4-5-6-7-8-9-15-12-17(21)20-14(11-19(22)24-3)10-16(23-2)13-18(20)25-15/h10,13,15H,4-9,11-12H2,1-3H3. The molecule has 0 saturated carbocycles. The van der Waals surface area contributed by atoms with Crippen LogP contribution < -0.4 is 9.47 Å². The van der Waals surface area contributed by atoms with E-state index in [0.717, 1.165) is 12.8 Å². The molecule has 0 radical (unpaired) electrons. The number of methoxy groups -OCH3 is 2. The summed E-state index contributed by atoms with van der Waals surface area (Å²) in [5.74, 6) is 0.741. The Morgan fingerprint density at radius 1 is 1.20 bits per heavy atom. The molecule has 1 aromatic carbocycles. The van der Waals surface area contributed by atoms with Gasteiger partial charge < -0.3 is 14.2 Å². The summed E-state index contributed by atoms with van der Waals surface area (Å²) in [6, 6.07) is 3.44. The molecular formula is C20H28O5. The topological polar surface area (TPSA) is 61.8 Å². The van der Waals surface area contributed by atoms with E-state index < -0.39 is 0 Å². The zero-order valence-corrected chi connectivity index (χ0v) is 15.4. The van der Waals surface area contributed by atoms with Crippen LogP contribution >= 0.6 is 0 Å². The van der Waals surface area contributed by atoms with Crippen LogP contribution in [0.5, 0.6) is 11.5 Å². The first-order valence-electron chi connectivity index (χ1n) is 9.06. The lowest BCUT2D eigenvalue weighted by Crippen LogP contribution is -2.28. The molecule has 1 unspecified atom stereocenters. The van der Waals surface area contributed by atoms with E-state index in [4.69, 9.17) is 14.2 Å². The molecule has 1 heterocycles. The van der Waals surface area contributed by atoms with Gasteiger partial charge in [-0.15, -0.1) is 0 Å². The van der Waals surface area contributed by atoms with E-state index in [1.54, 1.807) is 19.2 Å². The minimum absolute atomic E-state index is 0.0290. The summed E-state index contributed by atoms with van der Waals surface area (Å²) in [6.45, 7) is 2.19. The number of fused-ring (bicyclic) bond motifs is 1. The van der Waals surface area contributed by atoms with Crippen LogP contribution in [0.15, 0.2) is 12.1 Å². The number of hydrogen-bond donors (Lipinski definition) is 0. The molecule has 1 aliphatic heterocycles. The van der Waals surface area contributed by atoms with E-state index in [2.05, 4.69) is 6.92 Å². The summed E-state index contributed by atoms with van der Waals surface area (Å²) in [4.78, 5) is 24.3. The second-order valence-corrected chi connectivity index (χ2v) is 6.48. The molecule has 1 aromatic rings. The number of hydrogen-bond acceptors (Lipinski definition) is 5. The lowest BCUT2D eigenvalue weighted by molar-refractivity contribution is -0.139. The van der Waals surface area contributed by atoms with Crippen LogP contribution in [0.2, 0.25) is 0 Å². The van der Waals surface area contributed by atoms with Crippen LogP contribution in [0, 0.1) is 0 Å². The molecule has 0 aromatic heterocycles. The van der Waals surface area contributed by atoms with E-state index >= 15 is 0 Å². The van der Waals surface area contributed by atoms with Crippen molar-refractivity contribution in [2.24, 2.45) is 0 Å². The van der Waals surface area contributed by atoms with Gasteiger partial charge in [0.2, 0.25) is 0 Å². The van der Waals surface area contributed by atoms with Gasteiger partial charge in [0.15, 0.2) is 5.78 Å². The minimum Gasteiger partial charge on any atom is -0.497 e. The summed E-state index contributed by atoms with van der Waals surface area (Å²) in [5, 5.41) is 0. The summed E-state index contributed by atoms with van der Waals surface area (Å²) in [5.41, 5.74) is 1.10. The van der Waals surface area contributed by atoms with Crippen molar-refractivity contribution in [1.82, 2.24) is 0 Å². The second-order valence-electron chi connectivity index (χ2n) is 6.48. The molecular weight excluding hydrogens is 320 g/mol. The van der Waals surface area contributed by atoms with Crippen LogP contribution in [-0.2, 0) is 16.0 Å². The molecule has 5 heteroatoms. The number of Topliss-reactive ketones (excluding diaryl/α,β-unsaturated/α-hetero) is 1.